The van der Waals surface area contributed by atoms with Crippen molar-refractivity contribution in [2.75, 3.05) is 5.75 Å². The highest BCUT2D eigenvalue weighted by Gasteiger charge is 2.23. The number of nitrogens with zero attached hydrogens (tertiary/aromatic N) is 4. The molecule has 1 saturated carbocycles. The van der Waals surface area contributed by atoms with Gasteiger partial charge in [-0.1, -0.05) is 42.6 Å². The fourth-order valence-electron chi connectivity index (χ4n) is 2.96. The molecule has 0 saturated heterocycles. The topological polar surface area (TPSA) is 103 Å². The van der Waals surface area contributed by atoms with Gasteiger partial charge in [-0.25, -0.2) is 0 Å². The minimum Gasteiger partial charge on any atom is -0.549 e. The Morgan fingerprint density at radius 2 is 2.15 bits per heavy atom. The van der Waals surface area contributed by atoms with Crippen molar-refractivity contribution in [1.29, 1.82) is 0 Å². The highest BCUT2D eigenvalue weighted by molar-refractivity contribution is 7.99. The number of aromatic hydroxyl groups is 1. The molecule has 0 spiro atoms. The van der Waals surface area contributed by atoms with Crippen LogP contribution in [0.3, 0.4) is 0 Å². The number of hydrogen-bond donors (Lipinski definition) is 1. The predicted octanol–water partition coefficient (Wildman–Crippen LogP) is 2.41. The van der Waals surface area contributed by atoms with E-state index in [2.05, 4.69) is 15.3 Å². The smallest absolute Gasteiger partial charge is 0.212 e. The molecule has 1 fully saturated rings. The number of benzene rings is 1. The molecule has 138 valence electrons. The van der Waals surface area contributed by atoms with Gasteiger partial charge >= 0.3 is 0 Å². The van der Waals surface area contributed by atoms with Crippen molar-refractivity contribution >= 4 is 35.5 Å². The summed E-state index contributed by atoms with van der Waals surface area (Å²) in [6, 6.07) is 4.67. The lowest BCUT2D eigenvalue weighted by Gasteiger charge is -2.20. The summed E-state index contributed by atoms with van der Waals surface area (Å²) in [5, 5.41) is 34.3. The Balaban J connectivity index is 1.93. The quantitative estimate of drug-likeness (QED) is 0.597. The summed E-state index contributed by atoms with van der Waals surface area (Å²) in [4.78, 5) is 10.8. The van der Waals surface area contributed by atoms with Gasteiger partial charge in [0, 0.05) is 22.3 Å². The number of carbonyl (C=O) groups excluding carboxylic acids is 1. The van der Waals surface area contributed by atoms with E-state index in [9.17, 15) is 15.0 Å². The summed E-state index contributed by atoms with van der Waals surface area (Å²) in [7, 11) is 0. The van der Waals surface area contributed by atoms with Crippen LogP contribution in [0.1, 0.15) is 49.4 Å². The van der Waals surface area contributed by atoms with Gasteiger partial charge in [0.2, 0.25) is 5.16 Å². The number of carbonyl (C=O) groups is 1. The Morgan fingerprint density at radius 3 is 2.88 bits per heavy atom. The lowest BCUT2D eigenvalue weighted by molar-refractivity contribution is -0.301. The largest absolute Gasteiger partial charge is 0.549 e. The van der Waals surface area contributed by atoms with E-state index in [-0.39, 0.29) is 17.4 Å². The monoisotopic (exact) mass is 393 g/mol. The molecule has 0 atom stereocenters. The van der Waals surface area contributed by atoms with Gasteiger partial charge in [-0.05, 0) is 31.0 Å². The fourth-order valence-corrected chi connectivity index (χ4v) is 3.75. The Bertz CT molecular complexity index is 818. The first-order valence-electron chi connectivity index (χ1n) is 8.35. The molecule has 1 heterocycles. The minimum atomic E-state index is -1.18. The van der Waals surface area contributed by atoms with Crippen molar-refractivity contribution in [1.82, 2.24) is 14.9 Å². The third-order valence-corrected chi connectivity index (χ3v) is 5.36. The van der Waals surface area contributed by atoms with Crippen LogP contribution in [0.4, 0.5) is 0 Å². The molecule has 1 aromatic heterocycles. The SMILES string of the molecule is O=C([O-])CSc1nnc(C2CCCCC2)n1/N=C/c1cc(Cl)ccc1O. The second-order valence-corrected chi connectivity index (χ2v) is 7.47. The summed E-state index contributed by atoms with van der Waals surface area (Å²) in [5.74, 6) is -0.419. The standard InChI is InChI=1S/C17H19ClN4O3S/c18-13-6-7-14(23)12(8-13)9-19-22-16(11-4-2-1-3-5-11)20-21-17(22)26-10-15(24)25/h6-9,11,23H,1-5,10H2,(H,24,25)/p-1/b19-9+. The van der Waals surface area contributed by atoms with Crippen LogP contribution in [0, 0.1) is 0 Å². The molecular formula is C17H18ClN4O3S-. The second-order valence-electron chi connectivity index (χ2n) is 6.10. The molecule has 3 rings (SSSR count). The van der Waals surface area contributed by atoms with Gasteiger partial charge < -0.3 is 15.0 Å². The first-order valence-corrected chi connectivity index (χ1v) is 9.72. The Hall–Kier alpha value is -2.06. The van der Waals surface area contributed by atoms with E-state index in [1.54, 1.807) is 16.8 Å². The Morgan fingerprint density at radius 1 is 1.38 bits per heavy atom. The zero-order chi connectivity index (χ0) is 18.5. The molecule has 0 aliphatic heterocycles. The van der Waals surface area contributed by atoms with E-state index in [0.717, 1.165) is 37.4 Å². The van der Waals surface area contributed by atoms with E-state index in [1.165, 1.54) is 18.7 Å². The molecule has 9 heteroatoms. The summed E-state index contributed by atoms with van der Waals surface area (Å²) < 4.78 is 1.56. The third kappa shape index (κ3) is 4.56. The van der Waals surface area contributed by atoms with Crippen molar-refractivity contribution in [3.63, 3.8) is 0 Å². The summed E-state index contributed by atoms with van der Waals surface area (Å²) in [6.07, 6.45) is 6.93. The number of carboxylic acid groups (broad SMARTS) is 1. The Labute approximate surface area is 160 Å². The van der Waals surface area contributed by atoms with Gasteiger partial charge in [0.15, 0.2) is 5.82 Å². The molecule has 1 aliphatic rings. The molecule has 0 bridgehead atoms. The van der Waals surface area contributed by atoms with E-state index in [4.69, 9.17) is 11.6 Å². The van der Waals surface area contributed by atoms with Gasteiger partial charge in [-0.3, -0.25) is 0 Å². The molecule has 0 radical (unpaired) electrons. The molecule has 26 heavy (non-hydrogen) atoms. The van der Waals surface area contributed by atoms with Gasteiger partial charge in [-0.2, -0.15) is 9.78 Å². The van der Waals surface area contributed by atoms with Crippen molar-refractivity contribution < 1.29 is 15.0 Å². The van der Waals surface area contributed by atoms with Crippen LogP contribution < -0.4 is 5.11 Å². The van der Waals surface area contributed by atoms with Crippen LogP contribution in [-0.4, -0.2) is 37.9 Å². The molecule has 0 unspecified atom stereocenters. The van der Waals surface area contributed by atoms with E-state index in [0.29, 0.717) is 21.6 Å². The lowest BCUT2D eigenvalue weighted by atomic mass is 9.89. The van der Waals surface area contributed by atoms with Crippen molar-refractivity contribution in [2.45, 2.75) is 43.2 Å². The maximum absolute atomic E-state index is 10.8. The van der Waals surface area contributed by atoms with Crippen molar-refractivity contribution in [3.05, 3.63) is 34.6 Å². The fraction of sp³-hybridized carbons (Fsp3) is 0.412. The molecule has 7 nitrogen and oxygen atoms in total. The zero-order valence-electron chi connectivity index (χ0n) is 14.0. The number of carboxylic acids is 1. The number of phenolic OH excluding ortho intramolecular Hbond substituents is 1. The number of phenols is 1. The summed E-state index contributed by atoms with van der Waals surface area (Å²) in [5.41, 5.74) is 0.455. The number of aromatic nitrogens is 3. The van der Waals surface area contributed by atoms with Gasteiger partial charge in [-0.15, -0.1) is 10.2 Å². The lowest BCUT2D eigenvalue weighted by Crippen LogP contribution is -2.24. The number of aliphatic carboxylic acids is 1. The van der Waals surface area contributed by atoms with Crippen LogP contribution in [0.15, 0.2) is 28.5 Å². The molecule has 1 aromatic carbocycles. The summed E-state index contributed by atoms with van der Waals surface area (Å²) >= 11 is 6.97. The minimum absolute atomic E-state index is 0.0504. The average Bonchev–Trinajstić information content (AvgIpc) is 3.04. The van der Waals surface area contributed by atoms with Crippen LogP contribution >= 0.6 is 23.4 Å². The maximum Gasteiger partial charge on any atom is 0.212 e. The van der Waals surface area contributed by atoms with Crippen LogP contribution in [0.2, 0.25) is 5.02 Å². The van der Waals surface area contributed by atoms with Crippen LogP contribution in [0.25, 0.3) is 0 Å². The molecule has 1 aliphatic carbocycles. The van der Waals surface area contributed by atoms with Crippen molar-refractivity contribution in [2.24, 2.45) is 5.10 Å². The van der Waals surface area contributed by atoms with Crippen LogP contribution in [0.5, 0.6) is 5.75 Å². The van der Waals surface area contributed by atoms with Gasteiger partial charge in [0.05, 0.1) is 12.2 Å². The first kappa shape index (κ1) is 18.7. The first-order chi connectivity index (χ1) is 12.5. The summed E-state index contributed by atoms with van der Waals surface area (Å²) in [6.45, 7) is 0. The molecule has 1 N–H and O–H groups in total. The highest BCUT2D eigenvalue weighted by Crippen LogP contribution is 2.33. The predicted molar refractivity (Wildman–Crippen MR) is 97.7 cm³/mol. The van der Waals surface area contributed by atoms with E-state index < -0.39 is 5.97 Å². The van der Waals surface area contributed by atoms with Gasteiger partial charge in [0.1, 0.15) is 5.75 Å². The zero-order valence-corrected chi connectivity index (χ0v) is 15.5. The van der Waals surface area contributed by atoms with Crippen LogP contribution in [-0.2, 0) is 4.79 Å². The highest BCUT2D eigenvalue weighted by atomic mass is 35.5. The molecule has 2 aromatic rings. The third-order valence-electron chi connectivity index (χ3n) is 4.23. The average molecular weight is 394 g/mol. The molecular weight excluding hydrogens is 376 g/mol. The number of halogens is 1. The number of hydrogen-bond acceptors (Lipinski definition) is 7. The van der Waals surface area contributed by atoms with Crippen molar-refractivity contribution in [3.8, 4) is 5.75 Å². The normalized spacial score (nSPS) is 15.6. The Kier molecular flexibility index (Phi) is 6.16. The van der Waals surface area contributed by atoms with Gasteiger partial charge in [0.25, 0.3) is 0 Å². The van der Waals surface area contributed by atoms with E-state index >= 15 is 0 Å². The van der Waals surface area contributed by atoms with E-state index in [1.807, 2.05) is 0 Å². The molecule has 0 amide bonds. The maximum atomic E-state index is 10.8. The number of rotatable bonds is 6. The second kappa shape index (κ2) is 8.55. The number of thioether (sulfide) groups is 1.